The van der Waals surface area contributed by atoms with Crippen molar-refractivity contribution in [3.63, 3.8) is 0 Å². The lowest BCUT2D eigenvalue weighted by atomic mass is 10.1. The van der Waals surface area contributed by atoms with Gasteiger partial charge in [-0.3, -0.25) is 0 Å². The van der Waals surface area contributed by atoms with Crippen LogP contribution >= 0.6 is 12.2 Å². The van der Waals surface area contributed by atoms with E-state index < -0.39 is 0 Å². The van der Waals surface area contributed by atoms with Crippen LogP contribution in [0.1, 0.15) is 40.0 Å². The Morgan fingerprint density at radius 1 is 1.33 bits per heavy atom. The predicted molar refractivity (Wildman–Crippen MR) is 69.9 cm³/mol. The summed E-state index contributed by atoms with van der Waals surface area (Å²) in [6.45, 7) is 8.74. The third-order valence-corrected chi connectivity index (χ3v) is 3.31. The van der Waals surface area contributed by atoms with Crippen molar-refractivity contribution in [3.8, 4) is 0 Å². The molecule has 2 unspecified atom stereocenters. The Hall–Kier alpha value is -0.310. The number of hydrogen-bond donors (Lipinski definition) is 2. The molecule has 2 atom stereocenters. The molecule has 0 aromatic heterocycles. The molecule has 1 rings (SSSR count). The van der Waals surface area contributed by atoms with Gasteiger partial charge in [0.15, 0.2) is 5.11 Å². The van der Waals surface area contributed by atoms with Gasteiger partial charge >= 0.3 is 0 Å². The lowest BCUT2D eigenvalue weighted by molar-refractivity contribution is 0.503. The molecule has 0 aromatic carbocycles. The Bertz CT molecular complexity index is 204. The van der Waals surface area contributed by atoms with Crippen molar-refractivity contribution in [2.45, 2.75) is 40.0 Å². The third kappa shape index (κ3) is 5.36. The second-order valence-electron chi connectivity index (χ2n) is 5.27. The topological polar surface area (TPSA) is 24.1 Å². The number of nitrogens with one attached hydrogen (secondary N) is 2. The molecule has 0 aromatic rings. The second kappa shape index (κ2) is 6.31. The second-order valence-corrected chi connectivity index (χ2v) is 5.68. The molecular formula is C12H24N2S. The summed E-state index contributed by atoms with van der Waals surface area (Å²) in [6, 6.07) is 0. The van der Waals surface area contributed by atoms with Crippen molar-refractivity contribution in [1.29, 1.82) is 0 Å². The van der Waals surface area contributed by atoms with Crippen molar-refractivity contribution in [2.24, 2.45) is 17.8 Å². The Morgan fingerprint density at radius 2 is 2.07 bits per heavy atom. The average molecular weight is 228 g/mol. The lowest BCUT2D eigenvalue weighted by Crippen LogP contribution is -2.39. The Labute approximate surface area is 99.2 Å². The first-order valence-corrected chi connectivity index (χ1v) is 6.50. The van der Waals surface area contributed by atoms with Gasteiger partial charge in [0, 0.05) is 13.1 Å². The largest absolute Gasteiger partial charge is 0.362 e. The summed E-state index contributed by atoms with van der Waals surface area (Å²) in [5, 5.41) is 7.38. The molecule has 1 fully saturated rings. The van der Waals surface area contributed by atoms with Gasteiger partial charge in [0.1, 0.15) is 0 Å². The first-order chi connectivity index (χ1) is 7.08. The van der Waals surface area contributed by atoms with Crippen LogP contribution in [0.4, 0.5) is 0 Å². The minimum Gasteiger partial charge on any atom is -0.362 e. The fourth-order valence-electron chi connectivity index (χ4n) is 2.11. The van der Waals surface area contributed by atoms with Crippen LogP contribution in [0.5, 0.6) is 0 Å². The number of hydrogen-bond acceptors (Lipinski definition) is 1. The van der Waals surface area contributed by atoms with Crippen molar-refractivity contribution >= 4 is 17.3 Å². The molecule has 1 aliphatic rings. The van der Waals surface area contributed by atoms with E-state index in [1.165, 1.54) is 19.3 Å². The first-order valence-electron chi connectivity index (χ1n) is 6.09. The van der Waals surface area contributed by atoms with Gasteiger partial charge < -0.3 is 10.6 Å². The van der Waals surface area contributed by atoms with Crippen LogP contribution in [0.15, 0.2) is 0 Å². The van der Waals surface area contributed by atoms with E-state index in [0.717, 1.165) is 30.0 Å². The number of thiocarbonyl (C=S) groups is 1. The van der Waals surface area contributed by atoms with Gasteiger partial charge in [0.05, 0.1) is 0 Å². The van der Waals surface area contributed by atoms with Gasteiger partial charge in [-0.1, -0.05) is 27.2 Å². The van der Waals surface area contributed by atoms with E-state index >= 15 is 0 Å². The van der Waals surface area contributed by atoms with E-state index in [4.69, 9.17) is 12.2 Å². The molecule has 0 aliphatic heterocycles. The van der Waals surface area contributed by atoms with E-state index in [-0.39, 0.29) is 0 Å². The fraction of sp³-hybridized carbons (Fsp3) is 0.917. The maximum absolute atomic E-state index is 5.21. The summed E-state index contributed by atoms with van der Waals surface area (Å²) in [6.07, 6.45) is 4.11. The van der Waals surface area contributed by atoms with E-state index in [1.807, 2.05) is 0 Å². The minimum atomic E-state index is 0.649. The zero-order valence-electron chi connectivity index (χ0n) is 10.2. The Kier molecular flexibility index (Phi) is 5.37. The zero-order chi connectivity index (χ0) is 11.3. The van der Waals surface area contributed by atoms with Crippen LogP contribution < -0.4 is 10.6 Å². The van der Waals surface area contributed by atoms with Gasteiger partial charge in [0.25, 0.3) is 0 Å². The number of rotatable bonds is 4. The van der Waals surface area contributed by atoms with Crippen LogP contribution in [0.25, 0.3) is 0 Å². The summed E-state index contributed by atoms with van der Waals surface area (Å²) in [5.41, 5.74) is 0. The highest BCUT2D eigenvalue weighted by Crippen LogP contribution is 2.29. The molecule has 0 saturated heterocycles. The summed E-state index contributed by atoms with van der Waals surface area (Å²) in [7, 11) is 0. The highest BCUT2D eigenvalue weighted by Gasteiger charge is 2.20. The maximum atomic E-state index is 5.21. The smallest absolute Gasteiger partial charge is 0.166 e. The molecule has 0 bridgehead atoms. The highest BCUT2D eigenvalue weighted by molar-refractivity contribution is 7.80. The standard InChI is InChI=1S/C12H24N2S/c1-9(2)7-13-12(15)14-8-11-5-4-10(3)6-11/h9-11H,4-8H2,1-3H3,(H2,13,14,15). The predicted octanol–water partition coefficient (Wildman–Crippen LogP) is 2.54. The minimum absolute atomic E-state index is 0.649. The van der Waals surface area contributed by atoms with Crippen LogP contribution in [0.2, 0.25) is 0 Å². The maximum Gasteiger partial charge on any atom is 0.166 e. The van der Waals surface area contributed by atoms with Crippen molar-refractivity contribution in [3.05, 3.63) is 0 Å². The third-order valence-electron chi connectivity index (χ3n) is 3.03. The Balaban J connectivity index is 2.06. The Morgan fingerprint density at radius 3 is 2.60 bits per heavy atom. The molecular weight excluding hydrogens is 204 g/mol. The van der Waals surface area contributed by atoms with Crippen LogP contribution in [-0.2, 0) is 0 Å². The normalized spacial score (nSPS) is 25.6. The van der Waals surface area contributed by atoms with Gasteiger partial charge in [-0.25, -0.2) is 0 Å². The first kappa shape index (κ1) is 12.8. The summed E-state index contributed by atoms with van der Waals surface area (Å²) < 4.78 is 0. The summed E-state index contributed by atoms with van der Waals surface area (Å²) in [4.78, 5) is 0. The average Bonchev–Trinajstić information content (AvgIpc) is 2.58. The molecule has 88 valence electrons. The van der Waals surface area contributed by atoms with E-state index in [0.29, 0.717) is 5.92 Å². The molecule has 15 heavy (non-hydrogen) atoms. The van der Waals surface area contributed by atoms with Gasteiger partial charge in [0.2, 0.25) is 0 Å². The quantitative estimate of drug-likeness (QED) is 0.723. The molecule has 3 heteroatoms. The van der Waals surface area contributed by atoms with Crippen molar-refractivity contribution in [1.82, 2.24) is 10.6 Å². The van der Waals surface area contributed by atoms with Crippen molar-refractivity contribution in [2.75, 3.05) is 13.1 Å². The van der Waals surface area contributed by atoms with E-state index in [1.54, 1.807) is 0 Å². The van der Waals surface area contributed by atoms with Crippen LogP contribution in [0.3, 0.4) is 0 Å². The van der Waals surface area contributed by atoms with Crippen molar-refractivity contribution < 1.29 is 0 Å². The lowest BCUT2D eigenvalue weighted by Gasteiger charge is -2.15. The molecule has 0 spiro atoms. The molecule has 0 heterocycles. The van der Waals surface area contributed by atoms with Crippen LogP contribution in [0, 0.1) is 17.8 Å². The van der Waals surface area contributed by atoms with E-state index in [2.05, 4.69) is 31.4 Å². The highest BCUT2D eigenvalue weighted by atomic mass is 32.1. The molecule has 2 N–H and O–H groups in total. The summed E-state index contributed by atoms with van der Waals surface area (Å²) >= 11 is 5.21. The molecule has 2 nitrogen and oxygen atoms in total. The van der Waals surface area contributed by atoms with Crippen LogP contribution in [-0.4, -0.2) is 18.2 Å². The molecule has 0 radical (unpaired) electrons. The molecule has 0 amide bonds. The van der Waals surface area contributed by atoms with Gasteiger partial charge in [-0.15, -0.1) is 0 Å². The molecule has 1 aliphatic carbocycles. The van der Waals surface area contributed by atoms with Gasteiger partial charge in [-0.2, -0.15) is 0 Å². The molecule has 1 saturated carbocycles. The SMILES string of the molecule is CC(C)CNC(=S)NCC1CCC(C)C1. The monoisotopic (exact) mass is 228 g/mol. The zero-order valence-corrected chi connectivity index (χ0v) is 11.0. The fourth-order valence-corrected chi connectivity index (χ4v) is 2.27. The summed E-state index contributed by atoms with van der Waals surface area (Å²) in [5.74, 6) is 2.39. The van der Waals surface area contributed by atoms with E-state index in [9.17, 15) is 0 Å². The van der Waals surface area contributed by atoms with Gasteiger partial charge in [-0.05, 0) is 42.8 Å².